The molecule has 3 N–H and O–H groups in total. The van der Waals surface area contributed by atoms with Crippen LogP contribution < -0.4 is 16.0 Å². The summed E-state index contributed by atoms with van der Waals surface area (Å²) in [5.41, 5.74) is 0.977. The van der Waals surface area contributed by atoms with Gasteiger partial charge in [0.15, 0.2) is 0 Å². The molecule has 0 saturated carbocycles. The minimum atomic E-state index is -0.489. The second kappa shape index (κ2) is 16.0. The minimum absolute atomic E-state index is 0.0172. The van der Waals surface area contributed by atoms with Crippen LogP contribution in [0.1, 0.15) is 50.2 Å². The predicted molar refractivity (Wildman–Crippen MR) is 144 cm³/mol. The van der Waals surface area contributed by atoms with Crippen LogP contribution in [0, 0.1) is 11.8 Å². The molecule has 2 saturated heterocycles. The van der Waals surface area contributed by atoms with E-state index in [0.717, 1.165) is 70.4 Å². The Morgan fingerprint density at radius 1 is 1.22 bits per heavy atom. The number of methoxy groups -OCH3 is 1. The van der Waals surface area contributed by atoms with Gasteiger partial charge in [0.1, 0.15) is 0 Å². The molecule has 3 amide bonds. The Morgan fingerprint density at radius 2 is 2.03 bits per heavy atom. The highest BCUT2D eigenvalue weighted by Gasteiger charge is 2.31. The van der Waals surface area contributed by atoms with Gasteiger partial charge in [0.2, 0.25) is 0 Å². The molecule has 0 aliphatic carbocycles. The molecule has 1 aromatic carbocycles. The molecule has 1 unspecified atom stereocenters. The van der Waals surface area contributed by atoms with Gasteiger partial charge in [-0.3, -0.25) is 0 Å². The van der Waals surface area contributed by atoms with E-state index in [9.17, 15) is 9.59 Å². The van der Waals surface area contributed by atoms with Crippen molar-refractivity contribution in [3.05, 3.63) is 34.9 Å². The van der Waals surface area contributed by atoms with Gasteiger partial charge in [-0.15, -0.1) is 0 Å². The van der Waals surface area contributed by atoms with Gasteiger partial charge in [-0.05, 0) is 62.8 Å². The smallest absolute Gasteiger partial charge is 0.406 e. The summed E-state index contributed by atoms with van der Waals surface area (Å²) in [6.45, 7) is 4.32. The molecular formula is C27H43ClN4O5. The van der Waals surface area contributed by atoms with E-state index in [1.54, 1.807) is 0 Å². The Morgan fingerprint density at radius 3 is 2.76 bits per heavy atom. The fourth-order valence-electron chi connectivity index (χ4n) is 5.30. The first-order valence-corrected chi connectivity index (χ1v) is 13.8. The molecule has 3 rings (SSSR count). The maximum absolute atomic E-state index is 13.4. The second-order valence-electron chi connectivity index (χ2n) is 9.96. The molecule has 0 bridgehead atoms. The van der Waals surface area contributed by atoms with Crippen molar-refractivity contribution in [2.75, 3.05) is 60.2 Å². The number of carbonyl (C=O) groups is 2. The van der Waals surface area contributed by atoms with Gasteiger partial charge in [0, 0.05) is 56.4 Å². The molecular weight excluding hydrogens is 496 g/mol. The number of alkyl carbamates (subject to hydrolysis) is 1. The number of urea groups is 1. The van der Waals surface area contributed by atoms with E-state index in [1.165, 1.54) is 7.11 Å². The van der Waals surface area contributed by atoms with Crippen LogP contribution in [0.15, 0.2) is 24.3 Å². The number of hydrogen-bond acceptors (Lipinski definition) is 6. The second-order valence-corrected chi connectivity index (χ2v) is 10.4. The standard InChI is InChI=1S/C27H43ClN4O5/c1-29-18-24(16-20-9-13-36-14-10-20)31-26(33)32-12-4-3-6-22(19-32)25(21-7-5-8-23(28)17-21)37-15-11-30-27(34)35-2/h5,7-8,17,20,22,24-25,29H,3-4,6,9-16,18-19H2,1-2H3,(H,30,34)(H,31,33)/t22-,24+,25?/m1/s1. The number of benzene rings is 1. The van der Waals surface area contributed by atoms with Crippen molar-refractivity contribution in [1.29, 1.82) is 0 Å². The van der Waals surface area contributed by atoms with Crippen molar-refractivity contribution in [3.63, 3.8) is 0 Å². The predicted octanol–water partition coefficient (Wildman–Crippen LogP) is 3.97. The van der Waals surface area contributed by atoms with Crippen LogP contribution in [0.2, 0.25) is 5.02 Å². The zero-order valence-electron chi connectivity index (χ0n) is 22.2. The van der Waals surface area contributed by atoms with Gasteiger partial charge in [0.05, 0.1) is 19.8 Å². The molecule has 0 radical (unpaired) electrons. The average molecular weight is 539 g/mol. The van der Waals surface area contributed by atoms with Gasteiger partial charge in [0.25, 0.3) is 0 Å². The number of halogens is 1. The van der Waals surface area contributed by atoms with Crippen LogP contribution in [0.3, 0.4) is 0 Å². The van der Waals surface area contributed by atoms with E-state index in [2.05, 4.69) is 20.7 Å². The van der Waals surface area contributed by atoms with Crippen LogP contribution in [0.4, 0.5) is 9.59 Å². The molecule has 9 nitrogen and oxygen atoms in total. The van der Waals surface area contributed by atoms with E-state index in [0.29, 0.717) is 30.6 Å². The van der Waals surface area contributed by atoms with Gasteiger partial charge in [-0.2, -0.15) is 0 Å². The van der Waals surface area contributed by atoms with Crippen LogP contribution >= 0.6 is 11.6 Å². The first kappa shape index (κ1) is 29.5. The summed E-state index contributed by atoms with van der Waals surface area (Å²) in [4.78, 5) is 26.8. The lowest BCUT2D eigenvalue weighted by Gasteiger charge is -2.33. The van der Waals surface area contributed by atoms with Crippen LogP contribution in [-0.2, 0) is 14.2 Å². The van der Waals surface area contributed by atoms with Crippen molar-refractivity contribution in [2.24, 2.45) is 11.8 Å². The van der Waals surface area contributed by atoms with Crippen molar-refractivity contribution < 1.29 is 23.8 Å². The van der Waals surface area contributed by atoms with Crippen LogP contribution in [0.5, 0.6) is 0 Å². The van der Waals surface area contributed by atoms with Crippen LogP contribution in [0.25, 0.3) is 0 Å². The number of rotatable bonds is 11. The highest BCUT2D eigenvalue weighted by Crippen LogP contribution is 2.33. The summed E-state index contributed by atoms with van der Waals surface area (Å²) in [6, 6.07) is 7.75. The van der Waals surface area contributed by atoms with Gasteiger partial charge >= 0.3 is 12.1 Å². The summed E-state index contributed by atoms with van der Waals surface area (Å²) in [5, 5.41) is 9.84. The third-order valence-corrected chi connectivity index (χ3v) is 7.43. The normalized spacial score (nSPS) is 20.5. The molecule has 2 fully saturated rings. The number of carbonyl (C=O) groups excluding carboxylic acids is 2. The monoisotopic (exact) mass is 538 g/mol. The Balaban J connectivity index is 1.66. The van der Waals surface area contributed by atoms with E-state index in [1.807, 2.05) is 36.2 Å². The molecule has 1 aromatic rings. The molecule has 208 valence electrons. The number of likely N-dealkylation sites (tertiary alicyclic amines) is 1. The number of nitrogens with one attached hydrogen (secondary N) is 3. The Hall–Kier alpha value is -2.07. The molecule has 2 heterocycles. The summed E-state index contributed by atoms with van der Waals surface area (Å²) in [6.07, 6.45) is 5.21. The largest absolute Gasteiger partial charge is 0.453 e. The minimum Gasteiger partial charge on any atom is -0.453 e. The maximum atomic E-state index is 13.4. The lowest BCUT2D eigenvalue weighted by molar-refractivity contribution is 0.00410. The van der Waals surface area contributed by atoms with Gasteiger partial charge in [-0.1, -0.05) is 30.2 Å². The molecule has 0 spiro atoms. The highest BCUT2D eigenvalue weighted by molar-refractivity contribution is 6.30. The van der Waals surface area contributed by atoms with Crippen molar-refractivity contribution in [1.82, 2.24) is 20.9 Å². The van der Waals surface area contributed by atoms with Crippen molar-refractivity contribution >= 4 is 23.7 Å². The Labute approximate surface area is 225 Å². The quantitative estimate of drug-likeness (QED) is 0.369. The number of amides is 3. The summed E-state index contributed by atoms with van der Waals surface area (Å²) >= 11 is 6.31. The average Bonchev–Trinajstić information content (AvgIpc) is 3.15. The van der Waals surface area contributed by atoms with Crippen molar-refractivity contribution in [2.45, 2.75) is 50.7 Å². The van der Waals surface area contributed by atoms with Crippen LogP contribution in [-0.4, -0.2) is 83.2 Å². The fourth-order valence-corrected chi connectivity index (χ4v) is 5.49. The Kier molecular flexibility index (Phi) is 12.8. The molecule has 0 aromatic heterocycles. The molecule has 2 aliphatic heterocycles. The first-order valence-electron chi connectivity index (χ1n) is 13.5. The number of likely N-dealkylation sites (N-methyl/N-ethyl adjacent to an activating group) is 1. The molecule has 37 heavy (non-hydrogen) atoms. The zero-order valence-corrected chi connectivity index (χ0v) is 22.9. The fraction of sp³-hybridized carbons (Fsp3) is 0.704. The molecule has 2 aliphatic rings. The zero-order chi connectivity index (χ0) is 26.5. The van der Waals surface area contributed by atoms with E-state index < -0.39 is 6.09 Å². The van der Waals surface area contributed by atoms with Gasteiger partial charge in [-0.25, -0.2) is 9.59 Å². The number of ether oxygens (including phenoxy) is 3. The summed E-state index contributed by atoms with van der Waals surface area (Å²) in [7, 11) is 3.26. The first-order chi connectivity index (χ1) is 18.0. The third kappa shape index (κ3) is 9.96. The van der Waals surface area contributed by atoms with E-state index in [-0.39, 0.29) is 24.1 Å². The summed E-state index contributed by atoms with van der Waals surface area (Å²) < 4.78 is 16.5. The van der Waals surface area contributed by atoms with E-state index in [4.69, 9.17) is 21.1 Å². The maximum Gasteiger partial charge on any atom is 0.406 e. The molecule has 3 atom stereocenters. The highest BCUT2D eigenvalue weighted by atomic mass is 35.5. The third-order valence-electron chi connectivity index (χ3n) is 7.19. The van der Waals surface area contributed by atoms with Gasteiger partial charge < -0.3 is 35.1 Å². The summed E-state index contributed by atoms with van der Waals surface area (Å²) in [5.74, 6) is 0.673. The number of hydrogen-bond donors (Lipinski definition) is 3. The Bertz CT molecular complexity index is 839. The lowest BCUT2D eigenvalue weighted by atomic mass is 9.91. The van der Waals surface area contributed by atoms with E-state index >= 15 is 0 Å². The lowest BCUT2D eigenvalue weighted by Crippen LogP contribution is -2.50. The van der Waals surface area contributed by atoms with Crippen molar-refractivity contribution in [3.8, 4) is 0 Å². The number of nitrogens with zero attached hydrogens (tertiary/aromatic N) is 1. The molecule has 10 heteroatoms. The SMILES string of the molecule is CNC[C@H](CC1CCOCC1)NC(=O)N1CCCC[C@@H](C(OCCNC(=O)OC)c2cccc(Cl)c2)C1. The topological polar surface area (TPSA) is 101 Å².